The SMILES string of the molecule is CC(C)c1noc([C@H](C)N[C@H](C)c2ccc(Cl)cc2)n1. The number of hydrogen-bond acceptors (Lipinski definition) is 4. The second-order valence-corrected chi connectivity index (χ2v) is 5.74. The summed E-state index contributed by atoms with van der Waals surface area (Å²) in [5.41, 5.74) is 1.17. The molecule has 0 saturated carbocycles. The predicted molar refractivity (Wildman–Crippen MR) is 79.8 cm³/mol. The van der Waals surface area contributed by atoms with Crippen molar-refractivity contribution in [3.63, 3.8) is 0 Å². The first-order valence-corrected chi connectivity index (χ1v) is 7.20. The normalized spacial score (nSPS) is 14.5. The predicted octanol–water partition coefficient (Wildman–Crippen LogP) is 4.26. The molecule has 0 radical (unpaired) electrons. The average molecular weight is 294 g/mol. The highest BCUT2D eigenvalue weighted by atomic mass is 35.5. The molecule has 0 bridgehead atoms. The zero-order valence-electron chi connectivity index (χ0n) is 12.2. The third-order valence-electron chi connectivity index (χ3n) is 3.21. The first-order chi connectivity index (χ1) is 9.47. The second-order valence-electron chi connectivity index (χ2n) is 5.31. The minimum absolute atomic E-state index is 0.000628. The van der Waals surface area contributed by atoms with Gasteiger partial charge < -0.3 is 4.52 Å². The summed E-state index contributed by atoms with van der Waals surface area (Å²) >= 11 is 5.90. The molecule has 0 aliphatic carbocycles. The molecule has 0 fully saturated rings. The Morgan fingerprint density at radius 3 is 2.25 bits per heavy atom. The van der Waals surface area contributed by atoms with Crippen molar-refractivity contribution in [1.82, 2.24) is 15.5 Å². The smallest absolute Gasteiger partial charge is 0.243 e. The van der Waals surface area contributed by atoms with Crippen LogP contribution in [0, 0.1) is 0 Å². The molecule has 20 heavy (non-hydrogen) atoms. The number of benzene rings is 1. The number of nitrogens with one attached hydrogen (secondary N) is 1. The molecule has 1 aromatic carbocycles. The van der Waals surface area contributed by atoms with E-state index in [1.807, 2.05) is 45.0 Å². The van der Waals surface area contributed by atoms with Gasteiger partial charge in [0.25, 0.3) is 0 Å². The van der Waals surface area contributed by atoms with Gasteiger partial charge in [-0.05, 0) is 31.5 Å². The van der Waals surface area contributed by atoms with Crippen molar-refractivity contribution >= 4 is 11.6 Å². The molecule has 2 rings (SSSR count). The van der Waals surface area contributed by atoms with E-state index in [1.54, 1.807) is 0 Å². The third kappa shape index (κ3) is 3.58. The molecular weight excluding hydrogens is 274 g/mol. The average Bonchev–Trinajstić information content (AvgIpc) is 2.89. The van der Waals surface area contributed by atoms with Gasteiger partial charge >= 0.3 is 0 Å². The third-order valence-corrected chi connectivity index (χ3v) is 3.47. The van der Waals surface area contributed by atoms with Crippen molar-refractivity contribution in [3.05, 3.63) is 46.6 Å². The van der Waals surface area contributed by atoms with Gasteiger partial charge in [-0.3, -0.25) is 5.32 Å². The molecule has 0 amide bonds. The molecule has 0 aliphatic heterocycles. The molecule has 0 spiro atoms. The monoisotopic (exact) mass is 293 g/mol. The Balaban J connectivity index is 2.02. The number of aromatic nitrogens is 2. The van der Waals surface area contributed by atoms with E-state index in [4.69, 9.17) is 16.1 Å². The fourth-order valence-electron chi connectivity index (χ4n) is 1.95. The van der Waals surface area contributed by atoms with Crippen LogP contribution in [0.1, 0.15) is 63.0 Å². The molecular formula is C15H20ClN3O. The molecule has 1 aromatic heterocycles. The summed E-state index contributed by atoms with van der Waals surface area (Å²) in [7, 11) is 0. The van der Waals surface area contributed by atoms with Crippen molar-refractivity contribution in [2.24, 2.45) is 0 Å². The van der Waals surface area contributed by atoms with Gasteiger partial charge in [-0.25, -0.2) is 0 Å². The first-order valence-electron chi connectivity index (χ1n) is 6.82. The quantitative estimate of drug-likeness (QED) is 0.895. The van der Waals surface area contributed by atoms with Crippen LogP contribution in [0.4, 0.5) is 0 Å². The topological polar surface area (TPSA) is 51.0 Å². The van der Waals surface area contributed by atoms with Crippen LogP contribution in [0.25, 0.3) is 0 Å². The summed E-state index contributed by atoms with van der Waals surface area (Å²) in [5, 5.41) is 8.17. The molecule has 2 aromatic rings. The van der Waals surface area contributed by atoms with E-state index in [0.29, 0.717) is 5.89 Å². The summed E-state index contributed by atoms with van der Waals surface area (Å²) < 4.78 is 5.30. The molecule has 1 heterocycles. The van der Waals surface area contributed by atoms with Crippen LogP contribution < -0.4 is 5.32 Å². The molecule has 1 N–H and O–H groups in total. The second kappa shape index (κ2) is 6.37. The summed E-state index contributed by atoms with van der Waals surface area (Å²) in [6.07, 6.45) is 0. The van der Waals surface area contributed by atoms with Gasteiger partial charge in [-0.15, -0.1) is 0 Å². The first kappa shape index (κ1) is 15.0. The lowest BCUT2D eigenvalue weighted by atomic mass is 10.1. The molecule has 0 unspecified atom stereocenters. The Morgan fingerprint density at radius 1 is 1.05 bits per heavy atom. The number of rotatable bonds is 5. The maximum Gasteiger partial charge on any atom is 0.243 e. The Kier molecular flexibility index (Phi) is 4.78. The van der Waals surface area contributed by atoms with Crippen LogP contribution in [0.3, 0.4) is 0 Å². The highest BCUT2D eigenvalue weighted by molar-refractivity contribution is 6.30. The van der Waals surface area contributed by atoms with Gasteiger partial charge in [0.05, 0.1) is 6.04 Å². The Labute approximate surface area is 124 Å². The zero-order chi connectivity index (χ0) is 14.7. The Morgan fingerprint density at radius 2 is 1.70 bits per heavy atom. The van der Waals surface area contributed by atoms with Crippen LogP contribution in [-0.4, -0.2) is 10.1 Å². The molecule has 0 saturated heterocycles. The van der Waals surface area contributed by atoms with E-state index in [9.17, 15) is 0 Å². The van der Waals surface area contributed by atoms with Crippen molar-refractivity contribution in [3.8, 4) is 0 Å². The van der Waals surface area contributed by atoms with Crippen LogP contribution >= 0.6 is 11.6 Å². The van der Waals surface area contributed by atoms with Crippen molar-refractivity contribution in [2.45, 2.75) is 45.7 Å². The van der Waals surface area contributed by atoms with E-state index < -0.39 is 0 Å². The molecule has 0 aliphatic rings. The van der Waals surface area contributed by atoms with Gasteiger partial charge in [-0.2, -0.15) is 4.98 Å². The highest BCUT2D eigenvalue weighted by Gasteiger charge is 2.18. The van der Waals surface area contributed by atoms with Crippen molar-refractivity contribution in [1.29, 1.82) is 0 Å². The van der Waals surface area contributed by atoms with Gasteiger partial charge in [0.2, 0.25) is 5.89 Å². The molecule has 2 atom stereocenters. The molecule has 5 heteroatoms. The summed E-state index contributed by atoms with van der Waals surface area (Å²) in [6.45, 7) is 8.20. The summed E-state index contributed by atoms with van der Waals surface area (Å²) in [6, 6.07) is 7.99. The van der Waals surface area contributed by atoms with Crippen molar-refractivity contribution in [2.75, 3.05) is 0 Å². The van der Waals surface area contributed by atoms with E-state index in [1.165, 1.54) is 5.56 Å². The van der Waals surface area contributed by atoms with Gasteiger partial charge in [0.15, 0.2) is 5.82 Å². The standard InChI is InChI=1S/C15H20ClN3O/c1-9(2)14-18-15(20-19-14)11(4)17-10(3)12-5-7-13(16)8-6-12/h5-11,17H,1-4H3/t10-,11+/m1/s1. The lowest BCUT2D eigenvalue weighted by Crippen LogP contribution is -2.22. The van der Waals surface area contributed by atoms with E-state index in [0.717, 1.165) is 10.8 Å². The van der Waals surface area contributed by atoms with Gasteiger partial charge in [-0.1, -0.05) is 42.7 Å². The fraction of sp³-hybridized carbons (Fsp3) is 0.467. The van der Waals surface area contributed by atoms with Crippen LogP contribution in [0.15, 0.2) is 28.8 Å². The van der Waals surface area contributed by atoms with E-state index >= 15 is 0 Å². The van der Waals surface area contributed by atoms with Gasteiger partial charge in [0.1, 0.15) is 0 Å². The number of hydrogen-bond donors (Lipinski definition) is 1. The summed E-state index contributed by atoms with van der Waals surface area (Å²) in [5.74, 6) is 1.63. The van der Waals surface area contributed by atoms with Crippen LogP contribution in [-0.2, 0) is 0 Å². The maximum absolute atomic E-state index is 5.90. The fourth-order valence-corrected chi connectivity index (χ4v) is 2.08. The Bertz CT molecular complexity index is 551. The number of halogens is 1. The van der Waals surface area contributed by atoms with E-state index in [-0.39, 0.29) is 18.0 Å². The van der Waals surface area contributed by atoms with Crippen LogP contribution in [0.5, 0.6) is 0 Å². The minimum Gasteiger partial charge on any atom is -0.338 e. The largest absolute Gasteiger partial charge is 0.338 e. The van der Waals surface area contributed by atoms with Crippen molar-refractivity contribution < 1.29 is 4.52 Å². The molecule has 4 nitrogen and oxygen atoms in total. The minimum atomic E-state index is 0.000628. The zero-order valence-corrected chi connectivity index (χ0v) is 13.0. The number of nitrogens with zero attached hydrogens (tertiary/aromatic N) is 2. The Hall–Kier alpha value is -1.39. The van der Waals surface area contributed by atoms with Crippen LogP contribution in [0.2, 0.25) is 5.02 Å². The molecule has 108 valence electrons. The van der Waals surface area contributed by atoms with E-state index in [2.05, 4.69) is 22.4 Å². The summed E-state index contributed by atoms with van der Waals surface area (Å²) in [4.78, 5) is 4.41. The lowest BCUT2D eigenvalue weighted by molar-refractivity contribution is 0.324. The lowest BCUT2D eigenvalue weighted by Gasteiger charge is -2.17. The highest BCUT2D eigenvalue weighted by Crippen LogP contribution is 2.21. The maximum atomic E-state index is 5.90. The van der Waals surface area contributed by atoms with Gasteiger partial charge in [0, 0.05) is 17.0 Å².